The number of fused-ring (bicyclic) bond motifs is 1. The Morgan fingerprint density at radius 2 is 1.56 bits per heavy atom. The highest BCUT2D eigenvalue weighted by Crippen LogP contribution is 2.58. The van der Waals surface area contributed by atoms with Crippen LogP contribution in [-0.2, 0) is 0 Å². The van der Waals surface area contributed by atoms with Crippen LogP contribution in [0.25, 0.3) is 0 Å². The summed E-state index contributed by atoms with van der Waals surface area (Å²) in [4.78, 5) is 0. The average molecular weight is 249 g/mol. The van der Waals surface area contributed by atoms with Crippen molar-refractivity contribution >= 4 is 0 Å². The molecule has 1 nitrogen and oxygen atoms in total. The molecule has 0 aromatic rings. The van der Waals surface area contributed by atoms with Crippen LogP contribution in [0.15, 0.2) is 0 Å². The van der Waals surface area contributed by atoms with Crippen LogP contribution < -0.4 is 5.32 Å². The molecule has 3 unspecified atom stereocenters. The lowest BCUT2D eigenvalue weighted by atomic mass is 9.77. The van der Waals surface area contributed by atoms with E-state index in [1.165, 1.54) is 45.1 Å². The fourth-order valence-corrected chi connectivity index (χ4v) is 5.08. The summed E-state index contributed by atoms with van der Waals surface area (Å²) in [6.45, 7) is 5.91. The quantitative estimate of drug-likeness (QED) is 0.786. The Kier molecular flexibility index (Phi) is 3.98. The van der Waals surface area contributed by atoms with E-state index in [0.717, 1.165) is 35.6 Å². The Balaban J connectivity index is 1.61. The fraction of sp³-hybridized carbons (Fsp3) is 1.00. The highest BCUT2D eigenvalue weighted by atomic mass is 14.9. The highest BCUT2D eigenvalue weighted by molar-refractivity contribution is 5.06. The van der Waals surface area contributed by atoms with Crippen LogP contribution in [0.3, 0.4) is 0 Å². The zero-order valence-corrected chi connectivity index (χ0v) is 12.3. The van der Waals surface area contributed by atoms with Crippen LogP contribution in [0, 0.1) is 29.6 Å². The summed E-state index contributed by atoms with van der Waals surface area (Å²) >= 11 is 0. The SMILES string of the molecule is CCNC(C1CCC(C)CC1)C1C2CCCCC21. The minimum absolute atomic E-state index is 0.871. The lowest BCUT2D eigenvalue weighted by molar-refractivity contribution is 0.208. The summed E-state index contributed by atoms with van der Waals surface area (Å²) < 4.78 is 0. The van der Waals surface area contributed by atoms with Gasteiger partial charge >= 0.3 is 0 Å². The summed E-state index contributed by atoms with van der Waals surface area (Å²) in [5, 5.41) is 3.89. The molecule has 3 aliphatic rings. The van der Waals surface area contributed by atoms with Crippen molar-refractivity contribution in [1.29, 1.82) is 0 Å². The number of hydrogen-bond acceptors (Lipinski definition) is 1. The maximum absolute atomic E-state index is 3.89. The van der Waals surface area contributed by atoms with E-state index in [1.807, 2.05) is 0 Å². The molecule has 0 radical (unpaired) electrons. The topological polar surface area (TPSA) is 12.0 Å². The van der Waals surface area contributed by atoms with E-state index in [9.17, 15) is 0 Å². The second-order valence-corrected chi connectivity index (χ2v) is 7.29. The van der Waals surface area contributed by atoms with Gasteiger partial charge in [0.15, 0.2) is 0 Å². The van der Waals surface area contributed by atoms with E-state index in [0.29, 0.717) is 0 Å². The summed E-state index contributed by atoms with van der Waals surface area (Å²) in [5.74, 6) is 5.27. The number of nitrogens with one attached hydrogen (secondary N) is 1. The minimum Gasteiger partial charge on any atom is -0.314 e. The minimum atomic E-state index is 0.871. The van der Waals surface area contributed by atoms with Gasteiger partial charge in [0.1, 0.15) is 0 Å². The molecule has 104 valence electrons. The van der Waals surface area contributed by atoms with Crippen molar-refractivity contribution in [2.45, 2.75) is 71.3 Å². The van der Waals surface area contributed by atoms with Crippen LogP contribution in [-0.4, -0.2) is 12.6 Å². The van der Waals surface area contributed by atoms with Crippen LogP contribution in [0.2, 0.25) is 0 Å². The van der Waals surface area contributed by atoms with Gasteiger partial charge in [0, 0.05) is 6.04 Å². The third kappa shape index (κ3) is 2.48. The first kappa shape index (κ1) is 13.0. The predicted octanol–water partition coefficient (Wildman–Crippen LogP) is 4.23. The molecule has 3 fully saturated rings. The van der Waals surface area contributed by atoms with E-state index in [-0.39, 0.29) is 0 Å². The Labute approximate surface area is 113 Å². The number of rotatable bonds is 4. The number of hydrogen-bond donors (Lipinski definition) is 1. The van der Waals surface area contributed by atoms with Gasteiger partial charge in [-0.3, -0.25) is 0 Å². The molecular weight excluding hydrogens is 218 g/mol. The molecule has 0 heterocycles. The van der Waals surface area contributed by atoms with Gasteiger partial charge in [-0.05, 0) is 61.8 Å². The van der Waals surface area contributed by atoms with E-state index < -0.39 is 0 Å². The lowest BCUT2D eigenvalue weighted by Crippen LogP contribution is -2.40. The van der Waals surface area contributed by atoms with E-state index >= 15 is 0 Å². The molecule has 1 heteroatoms. The Morgan fingerprint density at radius 1 is 0.944 bits per heavy atom. The summed E-state index contributed by atoms with van der Waals surface area (Å²) in [6, 6.07) is 0.871. The van der Waals surface area contributed by atoms with E-state index in [4.69, 9.17) is 0 Å². The molecule has 1 N–H and O–H groups in total. The molecule has 0 amide bonds. The molecule has 3 rings (SSSR count). The first-order valence-electron chi connectivity index (χ1n) is 8.54. The van der Waals surface area contributed by atoms with Crippen LogP contribution >= 0.6 is 0 Å². The van der Waals surface area contributed by atoms with Crippen molar-refractivity contribution in [3.05, 3.63) is 0 Å². The summed E-state index contributed by atoms with van der Waals surface area (Å²) in [5.41, 5.74) is 0. The van der Waals surface area contributed by atoms with Gasteiger partial charge in [-0.15, -0.1) is 0 Å². The van der Waals surface area contributed by atoms with Crippen LogP contribution in [0.4, 0.5) is 0 Å². The van der Waals surface area contributed by atoms with Crippen molar-refractivity contribution in [1.82, 2.24) is 5.32 Å². The van der Waals surface area contributed by atoms with Gasteiger partial charge in [0.05, 0.1) is 0 Å². The van der Waals surface area contributed by atoms with Gasteiger partial charge in [0.2, 0.25) is 0 Å². The molecule has 0 bridgehead atoms. The third-order valence-electron chi connectivity index (χ3n) is 6.15. The molecule has 3 aliphatic carbocycles. The second-order valence-electron chi connectivity index (χ2n) is 7.29. The van der Waals surface area contributed by atoms with Crippen LogP contribution in [0.5, 0.6) is 0 Å². The zero-order chi connectivity index (χ0) is 12.5. The molecular formula is C17H31N. The van der Waals surface area contributed by atoms with Gasteiger partial charge in [0.25, 0.3) is 0 Å². The van der Waals surface area contributed by atoms with E-state index in [2.05, 4.69) is 19.2 Å². The first-order chi connectivity index (χ1) is 8.81. The molecule has 0 aliphatic heterocycles. The molecule has 0 spiro atoms. The summed E-state index contributed by atoms with van der Waals surface area (Å²) in [7, 11) is 0. The average Bonchev–Trinajstić information content (AvgIpc) is 3.11. The van der Waals surface area contributed by atoms with Crippen molar-refractivity contribution in [3.8, 4) is 0 Å². The maximum atomic E-state index is 3.89. The molecule has 0 aromatic carbocycles. The van der Waals surface area contributed by atoms with Crippen molar-refractivity contribution in [3.63, 3.8) is 0 Å². The maximum Gasteiger partial charge on any atom is 0.0129 e. The normalized spacial score (nSPS) is 45.3. The highest BCUT2D eigenvalue weighted by Gasteiger charge is 2.55. The van der Waals surface area contributed by atoms with Gasteiger partial charge < -0.3 is 5.32 Å². The Bertz CT molecular complexity index is 255. The monoisotopic (exact) mass is 249 g/mol. The Morgan fingerprint density at radius 3 is 2.11 bits per heavy atom. The second kappa shape index (κ2) is 5.53. The smallest absolute Gasteiger partial charge is 0.0129 e. The van der Waals surface area contributed by atoms with Crippen molar-refractivity contribution in [2.75, 3.05) is 6.54 Å². The lowest BCUT2D eigenvalue weighted by Gasteiger charge is -2.34. The van der Waals surface area contributed by atoms with Crippen LogP contribution in [0.1, 0.15) is 65.2 Å². The molecule has 3 atom stereocenters. The molecule has 0 aromatic heterocycles. The van der Waals surface area contributed by atoms with Gasteiger partial charge in [-0.2, -0.15) is 0 Å². The molecule has 3 saturated carbocycles. The third-order valence-corrected chi connectivity index (χ3v) is 6.15. The largest absolute Gasteiger partial charge is 0.314 e. The zero-order valence-electron chi connectivity index (χ0n) is 12.3. The molecule has 18 heavy (non-hydrogen) atoms. The first-order valence-corrected chi connectivity index (χ1v) is 8.54. The fourth-order valence-electron chi connectivity index (χ4n) is 5.08. The molecule has 0 saturated heterocycles. The van der Waals surface area contributed by atoms with Crippen molar-refractivity contribution in [2.24, 2.45) is 29.6 Å². The summed E-state index contributed by atoms with van der Waals surface area (Å²) in [6.07, 6.45) is 12.1. The van der Waals surface area contributed by atoms with Gasteiger partial charge in [-0.1, -0.05) is 39.5 Å². The van der Waals surface area contributed by atoms with Crippen molar-refractivity contribution < 1.29 is 0 Å². The van der Waals surface area contributed by atoms with Gasteiger partial charge in [-0.25, -0.2) is 0 Å². The standard InChI is InChI=1S/C17H31N/c1-3-18-17(13-10-8-12(2)9-11-13)16-14-6-4-5-7-15(14)16/h12-18H,3-11H2,1-2H3. The van der Waals surface area contributed by atoms with E-state index in [1.54, 1.807) is 12.8 Å². The Hall–Kier alpha value is -0.0400. The predicted molar refractivity (Wildman–Crippen MR) is 77.5 cm³/mol.